The number of benzene rings is 2. The summed E-state index contributed by atoms with van der Waals surface area (Å²) in [6.45, 7) is 3.91. The van der Waals surface area contributed by atoms with Gasteiger partial charge < -0.3 is 5.32 Å². The molecule has 5 nitrogen and oxygen atoms in total. The van der Waals surface area contributed by atoms with E-state index in [0.717, 1.165) is 11.5 Å². The van der Waals surface area contributed by atoms with Gasteiger partial charge in [-0.3, -0.25) is 9.36 Å². The number of nitrogens with zero attached hydrogens (tertiary/aromatic N) is 3. The molecule has 0 fully saturated rings. The fourth-order valence-corrected chi connectivity index (χ4v) is 3.49. The van der Waals surface area contributed by atoms with E-state index in [-0.39, 0.29) is 11.7 Å². The van der Waals surface area contributed by atoms with E-state index in [1.807, 2.05) is 42.7 Å². The van der Waals surface area contributed by atoms with Crippen molar-refractivity contribution in [2.45, 2.75) is 19.0 Å². The van der Waals surface area contributed by atoms with E-state index < -0.39 is 0 Å². The summed E-state index contributed by atoms with van der Waals surface area (Å²) >= 11 is 13.4. The van der Waals surface area contributed by atoms with Gasteiger partial charge in [-0.25, -0.2) is 0 Å². The van der Waals surface area contributed by atoms with E-state index in [2.05, 4.69) is 15.5 Å². The van der Waals surface area contributed by atoms with Crippen molar-refractivity contribution >= 4 is 46.6 Å². The van der Waals surface area contributed by atoms with Gasteiger partial charge in [-0.15, -0.1) is 10.2 Å². The zero-order valence-corrected chi connectivity index (χ0v) is 16.5. The number of nitrogens with one attached hydrogen (secondary N) is 1. The van der Waals surface area contributed by atoms with Crippen molar-refractivity contribution in [3.63, 3.8) is 0 Å². The van der Waals surface area contributed by atoms with Crippen molar-refractivity contribution in [2.75, 3.05) is 11.1 Å². The third-order valence-electron chi connectivity index (χ3n) is 3.65. The van der Waals surface area contributed by atoms with Gasteiger partial charge in [0.15, 0.2) is 5.16 Å². The Morgan fingerprint density at radius 2 is 1.85 bits per heavy atom. The molecule has 1 aromatic heterocycles. The van der Waals surface area contributed by atoms with Gasteiger partial charge >= 0.3 is 0 Å². The minimum atomic E-state index is -0.199. The molecule has 0 aliphatic heterocycles. The smallest absolute Gasteiger partial charge is 0.234 e. The third-order valence-corrected chi connectivity index (χ3v) is 5.39. The molecule has 0 bridgehead atoms. The van der Waals surface area contributed by atoms with Crippen LogP contribution in [0.25, 0.3) is 5.69 Å². The third kappa shape index (κ3) is 4.20. The summed E-state index contributed by atoms with van der Waals surface area (Å²) in [6.07, 6.45) is 0. The van der Waals surface area contributed by atoms with Crippen LogP contribution in [0.4, 0.5) is 5.69 Å². The zero-order chi connectivity index (χ0) is 18.7. The van der Waals surface area contributed by atoms with Crippen molar-refractivity contribution in [2.24, 2.45) is 0 Å². The molecule has 0 aliphatic rings. The number of carbonyl (C=O) groups excluding carboxylic acids is 1. The fourth-order valence-electron chi connectivity index (χ4n) is 2.34. The Morgan fingerprint density at radius 1 is 1.12 bits per heavy atom. The van der Waals surface area contributed by atoms with Gasteiger partial charge in [0.05, 0.1) is 21.5 Å². The maximum atomic E-state index is 12.3. The first-order chi connectivity index (χ1) is 12.5. The van der Waals surface area contributed by atoms with Crippen LogP contribution in [0.5, 0.6) is 0 Å². The highest BCUT2D eigenvalue weighted by Crippen LogP contribution is 2.30. The Morgan fingerprint density at radius 3 is 2.58 bits per heavy atom. The van der Waals surface area contributed by atoms with E-state index in [9.17, 15) is 4.79 Å². The Bertz CT molecular complexity index is 941. The molecule has 0 atom stereocenters. The van der Waals surface area contributed by atoms with E-state index in [1.54, 1.807) is 18.2 Å². The predicted octanol–water partition coefficient (Wildman–Crippen LogP) is 4.92. The second kappa shape index (κ2) is 8.12. The van der Waals surface area contributed by atoms with Crippen molar-refractivity contribution < 1.29 is 4.79 Å². The molecule has 0 spiro atoms. The second-order valence-electron chi connectivity index (χ2n) is 5.64. The zero-order valence-electron chi connectivity index (χ0n) is 14.2. The van der Waals surface area contributed by atoms with Crippen LogP contribution >= 0.6 is 35.0 Å². The molecule has 26 heavy (non-hydrogen) atoms. The molecule has 0 saturated heterocycles. The minimum Gasteiger partial charge on any atom is -0.324 e. The van der Waals surface area contributed by atoms with Crippen LogP contribution in [0, 0.1) is 13.8 Å². The molecule has 1 heterocycles. The Balaban J connectivity index is 1.71. The topological polar surface area (TPSA) is 59.8 Å². The van der Waals surface area contributed by atoms with Gasteiger partial charge in [-0.2, -0.15) is 0 Å². The molecule has 3 rings (SSSR count). The van der Waals surface area contributed by atoms with Crippen LogP contribution in [0.2, 0.25) is 10.0 Å². The second-order valence-corrected chi connectivity index (χ2v) is 7.37. The number of aromatic nitrogens is 3. The summed E-state index contributed by atoms with van der Waals surface area (Å²) in [5.41, 5.74) is 2.62. The summed E-state index contributed by atoms with van der Waals surface area (Å²) in [4.78, 5) is 12.3. The molecule has 0 radical (unpaired) electrons. The average Bonchev–Trinajstić information content (AvgIpc) is 2.99. The number of thioether (sulfide) groups is 1. The van der Waals surface area contributed by atoms with Gasteiger partial charge in [0.2, 0.25) is 5.91 Å². The maximum Gasteiger partial charge on any atom is 0.234 e. The van der Waals surface area contributed by atoms with Gasteiger partial charge in [0.1, 0.15) is 5.82 Å². The molecular weight excluding hydrogens is 391 g/mol. The molecule has 0 saturated carbocycles. The summed E-state index contributed by atoms with van der Waals surface area (Å²) in [5.74, 6) is 0.734. The number of aryl methyl sites for hydroxylation is 2. The minimum absolute atomic E-state index is 0.173. The lowest BCUT2D eigenvalue weighted by Gasteiger charge is -2.10. The lowest BCUT2D eigenvalue weighted by atomic mass is 10.2. The Labute approximate surface area is 165 Å². The number of halogens is 2. The van der Waals surface area contributed by atoms with Gasteiger partial charge in [0, 0.05) is 5.69 Å². The predicted molar refractivity (Wildman–Crippen MR) is 107 cm³/mol. The van der Waals surface area contributed by atoms with Crippen LogP contribution in [0.15, 0.2) is 47.6 Å². The van der Waals surface area contributed by atoms with Crippen molar-refractivity contribution in [3.05, 3.63) is 63.9 Å². The van der Waals surface area contributed by atoms with Crippen LogP contribution in [0.3, 0.4) is 0 Å². The molecule has 8 heteroatoms. The molecule has 0 unspecified atom stereocenters. The highest BCUT2D eigenvalue weighted by Gasteiger charge is 2.14. The molecule has 2 aromatic carbocycles. The number of carbonyl (C=O) groups is 1. The number of hydrogen-bond acceptors (Lipinski definition) is 4. The molecule has 1 N–H and O–H groups in total. The summed E-state index contributed by atoms with van der Waals surface area (Å²) in [5, 5.41) is 12.4. The molecule has 1 amide bonds. The van der Waals surface area contributed by atoms with Crippen LogP contribution in [-0.4, -0.2) is 26.4 Å². The Hall–Kier alpha value is -2.02. The SMILES string of the molecule is Cc1ccc(-n2c(C)nnc2SCC(=O)Nc2cccc(Cl)c2Cl)cc1. The van der Waals surface area contributed by atoms with Gasteiger partial charge in [0.25, 0.3) is 0 Å². The normalized spacial score (nSPS) is 10.8. The first-order valence-corrected chi connectivity index (χ1v) is 9.55. The highest BCUT2D eigenvalue weighted by atomic mass is 35.5. The summed E-state index contributed by atoms with van der Waals surface area (Å²) in [7, 11) is 0. The lowest BCUT2D eigenvalue weighted by Crippen LogP contribution is -2.15. The van der Waals surface area contributed by atoms with Gasteiger partial charge in [-0.1, -0.05) is 58.7 Å². The van der Waals surface area contributed by atoms with Crippen LogP contribution in [0.1, 0.15) is 11.4 Å². The van der Waals surface area contributed by atoms with E-state index >= 15 is 0 Å². The van der Waals surface area contributed by atoms with E-state index in [0.29, 0.717) is 20.9 Å². The number of anilines is 1. The summed E-state index contributed by atoms with van der Waals surface area (Å²) in [6, 6.07) is 13.2. The first kappa shape index (κ1) is 18.8. The largest absolute Gasteiger partial charge is 0.324 e. The monoisotopic (exact) mass is 406 g/mol. The highest BCUT2D eigenvalue weighted by molar-refractivity contribution is 7.99. The van der Waals surface area contributed by atoms with E-state index in [1.165, 1.54) is 17.3 Å². The summed E-state index contributed by atoms with van der Waals surface area (Å²) < 4.78 is 1.92. The molecule has 3 aromatic rings. The van der Waals surface area contributed by atoms with Crippen LogP contribution in [-0.2, 0) is 4.79 Å². The number of hydrogen-bond donors (Lipinski definition) is 1. The van der Waals surface area contributed by atoms with E-state index in [4.69, 9.17) is 23.2 Å². The maximum absolute atomic E-state index is 12.3. The molecule has 0 aliphatic carbocycles. The number of amides is 1. The van der Waals surface area contributed by atoms with Crippen molar-refractivity contribution in [1.82, 2.24) is 14.8 Å². The fraction of sp³-hybridized carbons (Fsp3) is 0.167. The van der Waals surface area contributed by atoms with Crippen molar-refractivity contribution in [3.8, 4) is 5.69 Å². The van der Waals surface area contributed by atoms with Crippen molar-refractivity contribution in [1.29, 1.82) is 0 Å². The number of rotatable bonds is 5. The molecular formula is C18H16Cl2N4OS. The quantitative estimate of drug-likeness (QED) is 0.610. The molecule has 134 valence electrons. The lowest BCUT2D eigenvalue weighted by molar-refractivity contribution is -0.113. The first-order valence-electron chi connectivity index (χ1n) is 7.81. The van der Waals surface area contributed by atoms with Crippen LogP contribution < -0.4 is 5.32 Å². The standard InChI is InChI=1S/C18H16Cl2N4OS/c1-11-6-8-13(9-7-11)24-12(2)22-23-18(24)26-10-16(25)21-15-5-3-4-14(19)17(15)20/h3-9H,10H2,1-2H3,(H,21,25). The Kier molecular flexibility index (Phi) is 5.86. The van der Waals surface area contributed by atoms with Gasteiger partial charge in [-0.05, 0) is 38.1 Å². The average molecular weight is 407 g/mol.